The molecule has 1 heterocycles. The molecule has 0 aromatic heterocycles. The molecule has 30 heavy (non-hydrogen) atoms. The molecule has 0 radical (unpaired) electrons. The van der Waals surface area contributed by atoms with Crippen molar-refractivity contribution in [2.75, 3.05) is 5.75 Å². The highest BCUT2D eigenvalue weighted by molar-refractivity contribution is 8.13. The summed E-state index contributed by atoms with van der Waals surface area (Å²) in [7, 11) is 0. The third-order valence-electron chi connectivity index (χ3n) is 3.97. The van der Waals surface area contributed by atoms with Crippen LogP contribution in [-0.2, 0) is 6.42 Å². The Bertz CT molecular complexity index is 795. The standard InChI is InChI=1S/C16H10F11NOS/c17-13(18,16(25,26)27)11(10(14(19,20)21)15(22,23)24)28-9(7-30-12(28)29)6-8-4-2-1-3-5-8/h1-5,9H,6-7H2. The minimum absolute atomic E-state index is 0.0439. The Labute approximate surface area is 165 Å². The van der Waals surface area contributed by atoms with Crippen LogP contribution in [0.2, 0.25) is 0 Å². The molecule has 1 aromatic carbocycles. The SMILES string of the molecule is O=C1SCC(Cc2ccccc2)N1C(=C(C(F)(F)F)C(F)(F)F)C(F)(F)C(F)(F)F. The molecule has 1 fully saturated rings. The van der Waals surface area contributed by atoms with Gasteiger partial charge in [-0.25, -0.2) is 0 Å². The number of carbonyl (C=O) groups excluding carboxylic acids is 1. The van der Waals surface area contributed by atoms with Gasteiger partial charge in [0.15, 0.2) is 5.57 Å². The zero-order chi connectivity index (χ0) is 23.1. The quantitative estimate of drug-likeness (QED) is 0.476. The van der Waals surface area contributed by atoms with Crippen LogP contribution in [0, 0.1) is 0 Å². The van der Waals surface area contributed by atoms with E-state index in [4.69, 9.17) is 0 Å². The van der Waals surface area contributed by atoms with Crippen molar-refractivity contribution in [1.29, 1.82) is 0 Å². The molecule has 1 amide bonds. The molecule has 0 aliphatic carbocycles. The molecular formula is C16H10F11NOS. The molecule has 0 spiro atoms. The molecule has 2 nitrogen and oxygen atoms in total. The maximum absolute atomic E-state index is 14.1. The Balaban J connectivity index is 2.77. The largest absolute Gasteiger partial charge is 0.459 e. The van der Waals surface area contributed by atoms with Crippen molar-refractivity contribution in [2.24, 2.45) is 0 Å². The highest BCUT2D eigenvalue weighted by atomic mass is 32.2. The van der Waals surface area contributed by atoms with Crippen LogP contribution in [0.25, 0.3) is 0 Å². The van der Waals surface area contributed by atoms with Crippen molar-refractivity contribution in [3.8, 4) is 0 Å². The number of halogens is 11. The topological polar surface area (TPSA) is 20.3 Å². The summed E-state index contributed by atoms with van der Waals surface area (Å²) in [5.74, 6) is -7.20. The Kier molecular flexibility index (Phi) is 6.42. The second-order valence-electron chi connectivity index (χ2n) is 6.08. The number of hydrogen-bond donors (Lipinski definition) is 0. The van der Waals surface area contributed by atoms with E-state index in [9.17, 15) is 53.1 Å². The summed E-state index contributed by atoms with van der Waals surface area (Å²) in [5, 5.41) is -1.78. The number of thioether (sulfide) groups is 1. The lowest BCUT2D eigenvalue weighted by atomic mass is 10.0. The van der Waals surface area contributed by atoms with Gasteiger partial charge in [0.1, 0.15) is 5.70 Å². The zero-order valence-electron chi connectivity index (χ0n) is 14.3. The second-order valence-corrected chi connectivity index (χ2v) is 7.05. The lowest BCUT2D eigenvalue weighted by molar-refractivity contribution is -0.274. The van der Waals surface area contributed by atoms with E-state index in [2.05, 4.69) is 0 Å². The molecule has 168 valence electrons. The number of amides is 1. The fourth-order valence-corrected chi connectivity index (χ4v) is 3.74. The number of allylic oxidation sites excluding steroid dienone is 2. The van der Waals surface area contributed by atoms with Gasteiger partial charge in [0.05, 0.1) is 6.04 Å². The molecule has 14 heteroatoms. The number of rotatable bonds is 4. The van der Waals surface area contributed by atoms with Crippen LogP contribution in [0.5, 0.6) is 0 Å². The Morgan fingerprint density at radius 3 is 1.83 bits per heavy atom. The first-order valence-corrected chi connectivity index (χ1v) is 8.80. The van der Waals surface area contributed by atoms with Gasteiger partial charge in [-0.1, -0.05) is 42.1 Å². The smallest absolute Gasteiger partial charge is 0.296 e. The average molecular weight is 473 g/mol. The highest BCUT2D eigenvalue weighted by Gasteiger charge is 2.69. The third kappa shape index (κ3) is 4.83. The number of alkyl halides is 11. The van der Waals surface area contributed by atoms with Gasteiger partial charge in [-0.3, -0.25) is 9.69 Å². The average Bonchev–Trinajstić information content (AvgIpc) is 2.90. The van der Waals surface area contributed by atoms with Crippen molar-refractivity contribution in [2.45, 2.75) is 36.9 Å². The fourth-order valence-electron chi connectivity index (χ4n) is 2.76. The minimum Gasteiger partial charge on any atom is -0.296 e. The van der Waals surface area contributed by atoms with Gasteiger partial charge in [0, 0.05) is 5.75 Å². The summed E-state index contributed by atoms with van der Waals surface area (Å²) < 4.78 is 145. The first kappa shape index (κ1) is 24.3. The Morgan fingerprint density at radius 2 is 1.40 bits per heavy atom. The highest BCUT2D eigenvalue weighted by Crippen LogP contribution is 2.52. The number of carbonyl (C=O) groups is 1. The molecule has 0 N–H and O–H groups in total. The van der Waals surface area contributed by atoms with Crippen LogP contribution in [0.4, 0.5) is 53.1 Å². The van der Waals surface area contributed by atoms with E-state index < -0.39 is 64.1 Å². The lowest BCUT2D eigenvalue weighted by Crippen LogP contribution is -2.51. The van der Waals surface area contributed by atoms with Crippen LogP contribution in [0.15, 0.2) is 41.6 Å². The van der Waals surface area contributed by atoms with Crippen LogP contribution < -0.4 is 0 Å². The van der Waals surface area contributed by atoms with E-state index >= 15 is 0 Å². The lowest BCUT2D eigenvalue weighted by Gasteiger charge is -2.35. The predicted octanol–water partition coefficient (Wildman–Crippen LogP) is 6.34. The molecule has 1 atom stereocenters. The van der Waals surface area contributed by atoms with Crippen LogP contribution in [0.1, 0.15) is 5.56 Å². The molecule has 1 aromatic rings. The zero-order valence-corrected chi connectivity index (χ0v) is 15.1. The van der Waals surface area contributed by atoms with Crippen molar-refractivity contribution in [1.82, 2.24) is 4.90 Å². The molecule has 0 saturated carbocycles. The first-order valence-electron chi connectivity index (χ1n) is 7.81. The van der Waals surface area contributed by atoms with Gasteiger partial charge in [0.2, 0.25) is 0 Å². The summed E-state index contributed by atoms with van der Waals surface area (Å²) in [6.07, 6.45) is -20.7. The van der Waals surface area contributed by atoms with E-state index in [1.54, 1.807) is 0 Å². The fraction of sp³-hybridized carbons (Fsp3) is 0.438. The molecule has 1 saturated heterocycles. The summed E-state index contributed by atoms with van der Waals surface area (Å²) in [6, 6.07) is 5.15. The Morgan fingerprint density at radius 1 is 0.900 bits per heavy atom. The number of benzene rings is 1. The monoisotopic (exact) mass is 473 g/mol. The molecular weight excluding hydrogens is 463 g/mol. The predicted molar refractivity (Wildman–Crippen MR) is 83.8 cm³/mol. The van der Waals surface area contributed by atoms with E-state index in [1.807, 2.05) is 0 Å². The van der Waals surface area contributed by atoms with E-state index in [-0.39, 0.29) is 17.3 Å². The van der Waals surface area contributed by atoms with Crippen molar-refractivity contribution in [3.63, 3.8) is 0 Å². The van der Waals surface area contributed by atoms with Gasteiger partial charge < -0.3 is 0 Å². The maximum atomic E-state index is 14.1. The van der Waals surface area contributed by atoms with Crippen molar-refractivity contribution in [3.05, 3.63) is 47.2 Å². The number of hydrogen-bond acceptors (Lipinski definition) is 2. The van der Waals surface area contributed by atoms with Gasteiger partial charge in [-0.15, -0.1) is 0 Å². The summed E-state index contributed by atoms with van der Waals surface area (Å²) in [6.45, 7) is 0. The molecule has 0 bridgehead atoms. The van der Waals surface area contributed by atoms with Crippen LogP contribution in [-0.4, -0.2) is 46.4 Å². The maximum Gasteiger partial charge on any atom is 0.459 e. The molecule has 2 rings (SSSR count). The summed E-state index contributed by atoms with van der Waals surface area (Å²) in [4.78, 5) is 11.2. The normalized spacial score (nSPS) is 18.7. The van der Waals surface area contributed by atoms with Gasteiger partial charge in [0.25, 0.3) is 5.24 Å². The van der Waals surface area contributed by atoms with Crippen molar-refractivity contribution >= 4 is 17.0 Å². The van der Waals surface area contributed by atoms with Crippen LogP contribution >= 0.6 is 11.8 Å². The van der Waals surface area contributed by atoms with Gasteiger partial charge in [-0.05, 0) is 12.0 Å². The van der Waals surface area contributed by atoms with Crippen LogP contribution in [0.3, 0.4) is 0 Å². The molecule has 1 aliphatic heterocycles. The summed E-state index contributed by atoms with van der Waals surface area (Å²) >= 11 is 0.0439. The van der Waals surface area contributed by atoms with E-state index in [1.165, 1.54) is 30.3 Å². The second kappa shape index (κ2) is 7.93. The van der Waals surface area contributed by atoms with Gasteiger partial charge >= 0.3 is 24.5 Å². The summed E-state index contributed by atoms with van der Waals surface area (Å²) in [5.41, 5.74) is -7.34. The van der Waals surface area contributed by atoms with Gasteiger partial charge in [-0.2, -0.15) is 48.3 Å². The Hall–Kier alpha value is -1.99. The van der Waals surface area contributed by atoms with E-state index in [0.717, 1.165) is 0 Å². The first-order chi connectivity index (χ1) is 13.5. The minimum atomic E-state index is -6.82. The molecule has 1 unspecified atom stereocenters. The number of nitrogens with zero attached hydrogens (tertiary/aromatic N) is 1. The van der Waals surface area contributed by atoms with Crippen molar-refractivity contribution < 1.29 is 53.1 Å². The third-order valence-corrected chi connectivity index (χ3v) is 4.97. The molecule has 1 aliphatic rings. The van der Waals surface area contributed by atoms with E-state index in [0.29, 0.717) is 0 Å².